The Morgan fingerprint density at radius 3 is 2.28 bits per heavy atom. The maximum Gasteiger partial charge on any atom is 0.275 e. The van der Waals surface area contributed by atoms with E-state index in [1.54, 1.807) is 6.08 Å². The predicted molar refractivity (Wildman–Crippen MR) is 115 cm³/mol. The lowest BCUT2D eigenvalue weighted by Crippen LogP contribution is -3.15. The molecule has 29 heavy (non-hydrogen) atoms. The second kappa shape index (κ2) is 9.82. The second-order valence-corrected chi connectivity index (χ2v) is 9.10. The molecule has 2 aromatic carbocycles. The zero-order valence-electron chi connectivity index (χ0n) is 16.6. The van der Waals surface area contributed by atoms with Crippen LogP contribution in [-0.4, -0.2) is 51.4 Å². The molecule has 2 aromatic rings. The summed E-state index contributed by atoms with van der Waals surface area (Å²) in [5.41, 5.74) is 1.92. The van der Waals surface area contributed by atoms with E-state index in [0.717, 1.165) is 16.0 Å². The molecule has 1 atom stereocenters. The van der Waals surface area contributed by atoms with Crippen LogP contribution in [-0.2, 0) is 14.8 Å². The fraction of sp³-hybridized carbons (Fsp3) is 0.318. The van der Waals surface area contributed by atoms with Gasteiger partial charge in [-0.05, 0) is 24.1 Å². The highest BCUT2D eigenvalue weighted by molar-refractivity contribution is 7.92. The summed E-state index contributed by atoms with van der Waals surface area (Å²) in [6, 6.07) is 19.2. The topological polar surface area (TPSA) is 70.9 Å². The third kappa shape index (κ3) is 6.25. The number of piperazine rings is 1. The third-order valence-electron chi connectivity index (χ3n) is 5.11. The zero-order chi connectivity index (χ0) is 20.7. The number of sulfonamides is 1. The molecule has 1 aliphatic heterocycles. The molecule has 0 radical (unpaired) electrons. The van der Waals surface area contributed by atoms with Crippen LogP contribution in [0.2, 0.25) is 0 Å². The molecule has 154 valence electrons. The van der Waals surface area contributed by atoms with Gasteiger partial charge in [-0.1, -0.05) is 60.7 Å². The van der Waals surface area contributed by atoms with Crippen molar-refractivity contribution < 1.29 is 18.1 Å². The fourth-order valence-corrected chi connectivity index (χ4v) is 4.59. The SMILES string of the molecule is C[C@H](NC(=O)C[NH+]1CCN(S(=O)(=O)/C=C/c2ccccc2)CC1)c1ccccc1. The second-order valence-electron chi connectivity index (χ2n) is 7.28. The molecule has 1 aliphatic rings. The van der Waals surface area contributed by atoms with Crippen molar-refractivity contribution in [3.05, 3.63) is 77.2 Å². The van der Waals surface area contributed by atoms with Crippen LogP contribution in [0.25, 0.3) is 6.08 Å². The first-order valence-corrected chi connectivity index (χ1v) is 11.4. The number of hydrogen-bond acceptors (Lipinski definition) is 3. The van der Waals surface area contributed by atoms with Gasteiger partial charge in [0.2, 0.25) is 10.0 Å². The van der Waals surface area contributed by atoms with Gasteiger partial charge in [-0.25, -0.2) is 8.42 Å². The van der Waals surface area contributed by atoms with E-state index in [1.165, 1.54) is 9.71 Å². The summed E-state index contributed by atoms with van der Waals surface area (Å²) >= 11 is 0. The van der Waals surface area contributed by atoms with E-state index in [4.69, 9.17) is 0 Å². The van der Waals surface area contributed by atoms with Crippen LogP contribution in [0.15, 0.2) is 66.1 Å². The van der Waals surface area contributed by atoms with Gasteiger partial charge in [-0.15, -0.1) is 0 Å². The zero-order valence-corrected chi connectivity index (χ0v) is 17.4. The summed E-state index contributed by atoms with van der Waals surface area (Å²) in [6.45, 7) is 4.38. The Morgan fingerprint density at radius 1 is 1.07 bits per heavy atom. The molecule has 0 aromatic heterocycles. The average molecular weight is 415 g/mol. The molecule has 1 amide bonds. The Bertz CT molecular complexity index is 922. The lowest BCUT2D eigenvalue weighted by atomic mass is 10.1. The van der Waals surface area contributed by atoms with Crippen molar-refractivity contribution >= 4 is 22.0 Å². The number of hydrogen-bond donors (Lipinski definition) is 2. The quantitative estimate of drug-likeness (QED) is 0.712. The van der Waals surface area contributed by atoms with E-state index in [-0.39, 0.29) is 11.9 Å². The van der Waals surface area contributed by atoms with Crippen molar-refractivity contribution in [1.29, 1.82) is 0 Å². The monoisotopic (exact) mass is 414 g/mol. The molecule has 0 bridgehead atoms. The molecule has 3 rings (SSSR count). The van der Waals surface area contributed by atoms with Crippen LogP contribution in [0, 0.1) is 0 Å². The highest BCUT2D eigenvalue weighted by Crippen LogP contribution is 2.11. The Labute approximate surface area is 172 Å². The van der Waals surface area contributed by atoms with E-state index in [0.29, 0.717) is 32.7 Å². The number of rotatable bonds is 7. The molecule has 0 spiro atoms. The number of nitrogens with zero attached hydrogens (tertiary/aromatic N) is 1. The molecule has 0 saturated carbocycles. The van der Waals surface area contributed by atoms with Gasteiger partial charge < -0.3 is 10.2 Å². The Balaban J connectivity index is 1.47. The molecule has 7 heteroatoms. The van der Waals surface area contributed by atoms with Gasteiger partial charge in [-0.2, -0.15) is 4.31 Å². The largest absolute Gasteiger partial charge is 0.345 e. The molecule has 1 heterocycles. The van der Waals surface area contributed by atoms with Crippen LogP contribution in [0.3, 0.4) is 0 Å². The lowest BCUT2D eigenvalue weighted by molar-refractivity contribution is -0.895. The molecule has 1 fully saturated rings. The Morgan fingerprint density at radius 2 is 1.66 bits per heavy atom. The van der Waals surface area contributed by atoms with Crippen molar-refractivity contribution in [2.45, 2.75) is 13.0 Å². The van der Waals surface area contributed by atoms with E-state index in [1.807, 2.05) is 67.6 Å². The van der Waals surface area contributed by atoms with E-state index >= 15 is 0 Å². The van der Waals surface area contributed by atoms with Crippen LogP contribution in [0.4, 0.5) is 0 Å². The molecule has 0 unspecified atom stereocenters. The molecule has 1 saturated heterocycles. The highest BCUT2D eigenvalue weighted by Gasteiger charge is 2.28. The maximum atomic E-state index is 12.5. The summed E-state index contributed by atoms with van der Waals surface area (Å²) in [5, 5.41) is 4.29. The number of nitrogens with one attached hydrogen (secondary N) is 2. The minimum absolute atomic E-state index is 0.0170. The normalized spacial score (nSPS) is 17.3. The van der Waals surface area contributed by atoms with E-state index < -0.39 is 10.0 Å². The van der Waals surface area contributed by atoms with Crippen molar-refractivity contribution in [1.82, 2.24) is 9.62 Å². The highest BCUT2D eigenvalue weighted by atomic mass is 32.2. The molecular weight excluding hydrogens is 386 g/mol. The van der Waals surface area contributed by atoms with Gasteiger partial charge in [0, 0.05) is 5.41 Å². The van der Waals surface area contributed by atoms with Gasteiger partial charge in [0.15, 0.2) is 6.54 Å². The third-order valence-corrected chi connectivity index (χ3v) is 6.67. The summed E-state index contributed by atoms with van der Waals surface area (Å²) in [7, 11) is -3.45. The first-order valence-electron chi connectivity index (χ1n) is 9.85. The molecular formula is C22H28N3O3S+. The minimum atomic E-state index is -3.45. The molecule has 0 aliphatic carbocycles. The van der Waals surface area contributed by atoms with Gasteiger partial charge in [0.25, 0.3) is 5.91 Å². The van der Waals surface area contributed by atoms with Crippen molar-refractivity contribution in [3.63, 3.8) is 0 Å². The molecule has 2 N–H and O–H groups in total. The molecule has 6 nitrogen and oxygen atoms in total. The van der Waals surface area contributed by atoms with Gasteiger partial charge >= 0.3 is 0 Å². The summed E-state index contributed by atoms with van der Waals surface area (Å²) in [6.07, 6.45) is 1.62. The van der Waals surface area contributed by atoms with Gasteiger partial charge in [0.1, 0.15) is 0 Å². The fourth-order valence-electron chi connectivity index (χ4n) is 3.39. The average Bonchev–Trinajstić information content (AvgIpc) is 2.74. The van der Waals surface area contributed by atoms with Crippen LogP contribution < -0.4 is 10.2 Å². The summed E-state index contributed by atoms with van der Waals surface area (Å²) < 4.78 is 26.6. The number of amides is 1. The van der Waals surface area contributed by atoms with Gasteiger partial charge in [0.05, 0.1) is 32.2 Å². The van der Waals surface area contributed by atoms with Crippen LogP contribution in [0.1, 0.15) is 24.1 Å². The lowest BCUT2D eigenvalue weighted by Gasteiger charge is -2.30. The Hall–Kier alpha value is -2.48. The standard InChI is InChI=1S/C22H27N3O3S/c1-19(21-10-6-3-7-11-21)23-22(26)18-24-13-15-25(16-14-24)29(27,28)17-12-20-8-4-2-5-9-20/h2-12,17,19H,13-16,18H2,1H3,(H,23,26)/p+1/b17-12+/t19-/m0/s1. The first kappa shape index (κ1) is 21.2. The van der Waals surface area contributed by atoms with Crippen molar-refractivity contribution in [2.24, 2.45) is 0 Å². The summed E-state index contributed by atoms with van der Waals surface area (Å²) in [4.78, 5) is 13.5. The number of carbonyl (C=O) groups is 1. The van der Waals surface area contributed by atoms with Gasteiger partial charge in [-0.3, -0.25) is 4.79 Å². The first-order chi connectivity index (χ1) is 13.9. The van der Waals surface area contributed by atoms with Crippen LogP contribution >= 0.6 is 0 Å². The maximum absolute atomic E-state index is 12.5. The smallest absolute Gasteiger partial charge is 0.275 e. The van der Waals surface area contributed by atoms with Crippen LogP contribution in [0.5, 0.6) is 0 Å². The van der Waals surface area contributed by atoms with Crippen molar-refractivity contribution in [2.75, 3.05) is 32.7 Å². The van der Waals surface area contributed by atoms with E-state index in [9.17, 15) is 13.2 Å². The number of benzene rings is 2. The number of carbonyl (C=O) groups excluding carboxylic acids is 1. The Kier molecular flexibility index (Phi) is 7.19. The van der Waals surface area contributed by atoms with Crippen molar-refractivity contribution in [3.8, 4) is 0 Å². The number of quaternary nitrogens is 1. The minimum Gasteiger partial charge on any atom is -0.345 e. The predicted octanol–water partition coefficient (Wildman–Crippen LogP) is 1.07. The van der Waals surface area contributed by atoms with E-state index in [2.05, 4.69) is 5.32 Å². The summed E-state index contributed by atoms with van der Waals surface area (Å²) in [5.74, 6) is -0.0170.